The molecule has 0 saturated carbocycles. The van der Waals surface area contributed by atoms with Crippen LogP contribution in [0.2, 0.25) is 0 Å². The summed E-state index contributed by atoms with van der Waals surface area (Å²) in [6, 6.07) is 18.9. The molecule has 4 aromatic heterocycles. The largest absolute Gasteiger partial charge is 0.338 e. The lowest BCUT2D eigenvalue weighted by molar-refractivity contribution is 0.481. The molecule has 8 aromatic rings. The van der Waals surface area contributed by atoms with Crippen molar-refractivity contribution in [3.8, 4) is 11.2 Å². The molecule has 24 heteroatoms. The third kappa shape index (κ3) is 9.66. The predicted molar refractivity (Wildman–Crippen MR) is 269 cm³/mol. The highest BCUT2D eigenvalue weighted by atomic mass is 32.2. The van der Waals surface area contributed by atoms with Gasteiger partial charge in [0, 0.05) is 5.69 Å². The molecule has 0 saturated heterocycles. The number of hydrogen-bond acceptors (Lipinski definition) is 17. The van der Waals surface area contributed by atoms with Crippen molar-refractivity contribution in [1.82, 2.24) is 24.7 Å². The zero-order valence-electron chi connectivity index (χ0n) is 38.5. The van der Waals surface area contributed by atoms with E-state index in [-0.39, 0.29) is 42.7 Å². The molecule has 0 radical (unpaired) electrons. The highest BCUT2D eigenvalue weighted by Gasteiger charge is 2.28. The molecule has 362 valence electrons. The molecule has 4 N–H and O–H groups in total. The Hall–Kier alpha value is -6.56. The summed E-state index contributed by atoms with van der Waals surface area (Å²) >= 11 is 2.23. The van der Waals surface area contributed by atoms with Gasteiger partial charge in [-0.1, -0.05) is 68.1 Å². The Labute approximate surface area is 411 Å². The molecular formula is C46H44N10O9S5. The Morgan fingerprint density at radius 1 is 0.686 bits per heavy atom. The Bertz CT molecular complexity index is 3810. The number of nitriles is 1. The summed E-state index contributed by atoms with van der Waals surface area (Å²) in [5.74, 6) is 0.485. The van der Waals surface area contributed by atoms with Crippen molar-refractivity contribution in [2.24, 2.45) is 10.2 Å². The number of pyridine rings is 1. The number of hydrogen-bond donors (Lipinski definition) is 4. The van der Waals surface area contributed by atoms with Crippen LogP contribution in [0.3, 0.4) is 0 Å². The molecule has 0 spiro atoms. The minimum Gasteiger partial charge on any atom is -0.338 e. The van der Waals surface area contributed by atoms with E-state index in [0.717, 1.165) is 33.7 Å². The standard InChI is InChI=1S/C46H44N10O9S5/c1-8-27-19-33(70(63,64)65)20-28(9-2)41(27)51-43-40(52-53-44-34(23-47)26(7)54-56(44)46-49-36-15-13-32(69(60,61)62)22-38(36)67-46)25(6)18-39(50-43)55(42-29(10-3)16-24(5)17-30(42)11-4)45-48-35-14-12-31(68(57,58)59)21-37(35)66-45/h12-22H,8-11H2,1-7H3,(H,50,51)(H,57,58,59)(H,60,61,62)(H,63,64,65). The van der Waals surface area contributed by atoms with E-state index in [1.165, 1.54) is 64.5 Å². The van der Waals surface area contributed by atoms with Gasteiger partial charge in [0.25, 0.3) is 30.4 Å². The fourth-order valence-electron chi connectivity index (χ4n) is 8.03. The topological polar surface area (TPSA) is 283 Å². The van der Waals surface area contributed by atoms with Crippen molar-refractivity contribution in [2.45, 2.75) is 88.8 Å². The molecule has 0 fully saturated rings. The van der Waals surface area contributed by atoms with Gasteiger partial charge in [0.05, 0.1) is 46.5 Å². The maximum atomic E-state index is 12.5. The lowest BCUT2D eigenvalue weighted by Gasteiger charge is -2.28. The quantitative estimate of drug-likeness (QED) is 0.0548. The Morgan fingerprint density at radius 3 is 1.76 bits per heavy atom. The number of rotatable bonds is 15. The van der Waals surface area contributed by atoms with Crippen molar-refractivity contribution in [2.75, 3.05) is 10.2 Å². The monoisotopic (exact) mass is 1040 g/mol. The molecule has 0 aliphatic carbocycles. The van der Waals surface area contributed by atoms with Crippen LogP contribution < -0.4 is 10.2 Å². The molecule has 19 nitrogen and oxygen atoms in total. The van der Waals surface area contributed by atoms with Crippen LogP contribution in [0.1, 0.15) is 72.3 Å². The minimum absolute atomic E-state index is 0.00955. The highest BCUT2D eigenvalue weighted by molar-refractivity contribution is 7.86. The van der Waals surface area contributed by atoms with Crippen LogP contribution in [0.4, 0.5) is 39.6 Å². The lowest BCUT2D eigenvalue weighted by Crippen LogP contribution is -2.17. The van der Waals surface area contributed by atoms with Crippen molar-refractivity contribution in [3.63, 3.8) is 0 Å². The van der Waals surface area contributed by atoms with Crippen LogP contribution in [-0.4, -0.2) is 63.6 Å². The Morgan fingerprint density at radius 2 is 1.23 bits per heavy atom. The molecule has 0 bridgehead atoms. The van der Waals surface area contributed by atoms with E-state index in [1.54, 1.807) is 19.9 Å². The normalized spacial score (nSPS) is 12.4. The van der Waals surface area contributed by atoms with Gasteiger partial charge in [-0.05, 0) is 129 Å². The molecule has 70 heavy (non-hydrogen) atoms. The van der Waals surface area contributed by atoms with Crippen LogP contribution >= 0.6 is 22.7 Å². The van der Waals surface area contributed by atoms with Crippen molar-refractivity contribution < 1.29 is 38.9 Å². The molecule has 0 atom stereocenters. The second-order valence-electron chi connectivity index (χ2n) is 16.1. The number of fused-ring (bicyclic) bond motifs is 2. The Balaban J connectivity index is 1.39. The number of anilines is 5. The van der Waals surface area contributed by atoms with Gasteiger partial charge in [0.1, 0.15) is 23.1 Å². The zero-order valence-corrected chi connectivity index (χ0v) is 42.6. The lowest BCUT2D eigenvalue weighted by atomic mass is 9.98. The number of nitrogens with zero attached hydrogens (tertiary/aromatic N) is 9. The molecule has 0 aliphatic heterocycles. The zero-order chi connectivity index (χ0) is 50.6. The fourth-order valence-corrected chi connectivity index (χ4v) is 11.8. The maximum absolute atomic E-state index is 12.5. The first-order chi connectivity index (χ1) is 33.1. The summed E-state index contributed by atoms with van der Waals surface area (Å²) in [5.41, 5.74) is 7.25. The summed E-state index contributed by atoms with van der Waals surface area (Å²) in [6.45, 7) is 13.1. The second kappa shape index (κ2) is 19.0. The maximum Gasteiger partial charge on any atom is 0.294 e. The summed E-state index contributed by atoms with van der Waals surface area (Å²) in [6.07, 6.45) is 1.88. The third-order valence-electron chi connectivity index (χ3n) is 11.4. The summed E-state index contributed by atoms with van der Waals surface area (Å²) in [5, 5.41) is 28.4. The molecule has 0 amide bonds. The van der Waals surface area contributed by atoms with Gasteiger partial charge in [0.2, 0.25) is 5.13 Å². The van der Waals surface area contributed by atoms with Gasteiger partial charge in [-0.15, -0.1) is 10.2 Å². The van der Waals surface area contributed by atoms with Crippen LogP contribution in [-0.2, 0) is 56.0 Å². The van der Waals surface area contributed by atoms with E-state index in [0.29, 0.717) is 85.1 Å². The SMILES string of the molecule is CCc1cc(S(=O)(=O)O)cc(CC)c1Nc1nc(N(c2nc3ccc(S(=O)(=O)O)cc3s2)c2c(CC)cc(C)cc2CC)cc(C)c1N=Nc1c(C#N)c(C)nn1-c1nc2ccc(S(=O)(=O)O)cc2s1. The highest BCUT2D eigenvalue weighted by Crippen LogP contribution is 2.46. The van der Waals surface area contributed by atoms with Gasteiger partial charge >= 0.3 is 0 Å². The van der Waals surface area contributed by atoms with Crippen molar-refractivity contribution in [1.29, 1.82) is 5.26 Å². The van der Waals surface area contributed by atoms with Crippen LogP contribution in [0.5, 0.6) is 0 Å². The summed E-state index contributed by atoms with van der Waals surface area (Å²) in [7, 11) is -13.7. The van der Waals surface area contributed by atoms with Gasteiger partial charge in [-0.2, -0.15) is 40.3 Å². The predicted octanol–water partition coefficient (Wildman–Crippen LogP) is 10.9. The number of azo groups is 1. The minimum atomic E-state index is -4.59. The number of nitrogens with one attached hydrogen (secondary N) is 1. The van der Waals surface area contributed by atoms with E-state index in [4.69, 9.17) is 15.1 Å². The Kier molecular flexibility index (Phi) is 13.5. The van der Waals surface area contributed by atoms with E-state index in [1.807, 2.05) is 39.5 Å². The first kappa shape index (κ1) is 49.8. The summed E-state index contributed by atoms with van der Waals surface area (Å²) in [4.78, 5) is 15.8. The third-order valence-corrected chi connectivity index (χ3v) is 16.0. The number of aryl methyl sites for hydroxylation is 7. The molecule has 0 unspecified atom stereocenters. The van der Waals surface area contributed by atoms with E-state index in [2.05, 4.69) is 38.7 Å². The second-order valence-corrected chi connectivity index (χ2v) is 22.4. The van der Waals surface area contributed by atoms with Gasteiger partial charge in [-0.25, -0.2) is 15.0 Å². The molecule has 0 aliphatic rings. The van der Waals surface area contributed by atoms with E-state index in [9.17, 15) is 44.2 Å². The smallest absolute Gasteiger partial charge is 0.294 e. The van der Waals surface area contributed by atoms with Gasteiger partial charge < -0.3 is 5.32 Å². The number of aromatic nitrogens is 5. The van der Waals surface area contributed by atoms with E-state index >= 15 is 0 Å². The molecule has 8 rings (SSSR count). The van der Waals surface area contributed by atoms with Gasteiger partial charge in [0.15, 0.2) is 16.8 Å². The van der Waals surface area contributed by atoms with Crippen molar-refractivity contribution >= 4 is 113 Å². The molecule has 4 heterocycles. The first-order valence-electron chi connectivity index (χ1n) is 21.6. The van der Waals surface area contributed by atoms with Crippen molar-refractivity contribution in [3.05, 3.63) is 111 Å². The average Bonchev–Trinajstić information content (AvgIpc) is 4.02. The van der Waals surface area contributed by atoms with Crippen LogP contribution in [0.15, 0.2) is 91.6 Å². The summed E-state index contributed by atoms with van der Waals surface area (Å²) < 4.78 is 105. The first-order valence-corrected chi connectivity index (χ1v) is 27.5. The number of thiazole rings is 2. The van der Waals surface area contributed by atoms with Crippen LogP contribution in [0.25, 0.3) is 25.6 Å². The molecule has 4 aromatic carbocycles. The molecular weight excluding hydrogens is 997 g/mol. The average molecular weight is 1040 g/mol. The number of benzene rings is 4. The van der Waals surface area contributed by atoms with Crippen LogP contribution in [0, 0.1) is 32.1 Å². The van der Waals surface area contributed by atoms with E-state index < -0.39 is 30.4 Å². The van der Waals surface area contributed by atoms with Gasteiger partial charge in [-0.3, -0.25) is 18.6 Å². The fraction of sp³-hybridized carbons (Fsp3) is 0.239.